The molecule has 1 aliphatic heterocycles. The van der Waals surface area contributed by atoms with E-state index < -0.39 is 0 Å². The number of nitrogens with two attached hydrogens (primary N) is 1. The van der Waals surface area contributed by atoms with Crippen molar-refractivity contribution in [3.63, 3.8) is 0 Å². The molecule has 3 atom stereocenters. The van der Waals surface area contributed by atoms with Crippen molar-refractivity contribution in [2.75, 3.05) is 6.54 Å². The molecule has 0 saturated carbocycles. The summed E-state index contributed by atoms with van der Waals surface area (Å²) in [7, 11) is 0. The number of hydrogen-bond acceptors (Lipinski definition) is 3. The van der Waals surface area contributed by atoms with Crippen LogP contribution in [0.3, 0.4) is 0 Å². The van der Waals surface area contributed by atoms with Crippen LogP contribution in [-0.2, 0) is 0 Å². The van der Waals surface area contributed by atoms with Crippen LogP contribution < -0.4 is 11.1 Å². The Kier molecular flexibility index (Phi) is 10.5. The van der Waals surface area contributed by atoms with Crippen molar-refractivity contribution in [2.45, 2.75) is 82.9 Å². The number of hydrogen-bond donors (Lipinski definition) is 3. The zero-order chi connectivity index (χ0) is 15.3. The van der Waals surface area contributed by atoms with Gasteiger partial charge in [-0.1, -0.05) is 56.9 Å². The second kappa shape index (κ2) is 12.0. The Hall–Kier alpha value is -0.640. The number of piperidine rings is 1. The first-order valence-corrected chi connectivity index (χ1v) is 8.72. The molecule has 4 N–H and O–H groups in total. The van der Waals surface area contributed by atoms with Crippen molar-refractivity contribution in [3.8, 4) is 0 Å². The molecule has 1 saturated heterocycles. The standard InChI is InChI=1S/C18H34N2O/c1-2-3-4-5-6-7-8-9-10-11-12-13-16-14-18(21)17(19)15-20-16/h5-8,16-18,20-21H,2-4,9-15,19H2,1H3/b6-5+,8-7+/t16-,17+,18+/m1/s1. The van der Waals surface area contributed by atoms with E-state index in [1.54, 1.807) is 0 Å². The summed E-state index contributed by atoms with van der Waals surface area (Å²) in [6.45, 7) is 2.97. The Morgan fingerprint density at radius 3 is 2.48 bits per heavy atom. The monoisotopic (exact) mass is 294 g/mol. The average molecular weight is 294 g/mol. The summed E-state index contributed by atoms with van der Waals surface area (Å²) in [6, 6.07) is 0.369. The summed E-state index contributed by atoms with van der Waals surface area (Å²) in [5, 5.41) is 13.2. The van der Waals surface area contributed by atoms with E-state index >= 15 is 0 Å². The lowest BCUT2D eigenvalue weighted by atomic mass is 9.94. The molecule has 1 aliphatic rings. The topological polar surface area (TPSA) is 58.3 Å². The first-order valence-electron chi connectivity index (χ1n) is 8.72. The Balaban J connectivity index is 1.93. The summed E-state index contributed by atoms with van der Waals surface area (Å²) in [6.07, 6.45) is 19.2. The SMILES string of the molecule is CCCC/C=C/C=C/CCCCC[C@@H]1C[C@H](O)[C@@H](N)CN1. The average Bonchev–Trinajstić information content (AvgIpc) is 2.48. The Morgan fingerprint density at radius 1 is 1.10 bits per heavy atom. The largest absolute Gasteiger partial charge is 0.391 e. The van der Waals surface area contributed by atoms with Gasteiger partial charge in [-0.05, 0) is 32.1 Å². The Labute approximate surface area is 130 Å². The summed E-state index contributed by atoms with van der Waals surface area (Å²) < 4.78 is 0. The third-order valence-electron chi connectivity index (χ3n) is 4.19. The smallest absolute Gasteiger partial charge is 0.0718 e. The normalized spacial score (nSPS) is 26.9. The highest BCUT2D eigenvalue weighted by molar-refractivity contribution is 5.02. The number of unbranched alkanes of at least 4 members (excludes halogenated alkanes) is 5. The van der Waals surface area contributed by atoms with E-state index in [1.807, 2.05) is 0 Å². The number of allylic oxidation sites excluding steroid dienone is 4. The van der Waals surface area contributed by atoms with E-state index in [4.69, 9.17) is 5.73 Å². The van der Waals surface area contributed by atoms with Crippen molar-refractivity contribution in [1.82, 2.24) is 5.32 Å². The van der Waals surface area contributed by atoms with Gasteiger partial charge in [-0.3, -0.25) is 0 Å². The molecule has 1 fully saturated rings. The van der Waals surface area contributed by atoms with E-state index in [2.05, 4.69) is 36.5 Å². The van der Waals surface area contributed by atoms with Crippen molar-refractivity contribution in [3.05, 3.63) is 24.3 Å². The molecule has 0 aromatic heterocycles. The van der Waals surface area contributed by atoms with Gasteiger partial charge < -0.3 is 16.2 Å². The summed E-state index contributed by atoms with van der Waals surface area (Å²) in [5.41, 5.74) is 5.78. The molecule has 3 nitrogen and oxygen atoms in total. The maximum absolute atomic E-state index is 9.74. The molecule has 0 radical (unpaired) electrons. The van der Waals surface area contributed by atoms with Gasteiger partial charge in [0.05, 0.1) is 6.10 Å². The lowest BCUT2D eigenvalue weighted by molar-refractivity contribution is 0.0936. The number of aliphatic hydroxyl groups excluding tert-OH is 1. The molecule has 0 bridgehead atoms. The lowest BCUT2D eigenvalue weighted by Gasteiger charge is -2.32. The Morgan fingerprint density at radius 2 is 1.81 bits per heavy atom. The van der Waals surface area contributed by atoms with E-state index in [0.29, 0.717) is 6.04 Å². The van der Waals surface area contributed by atoms with E-state index in [0.717, 1.165) is 19.4 Å². The predicted octanol–water partition coefficient (Wildman–Crippen LogP) is 3.29. The first-order chi connectivity index (χ1) is 10.2. The molecule has 3 heteroatoms. The second-order valence-electron chi connectivity index (χ2n) is 6.21. The minimum atomic E-state index is -0.321. The molecule has 1 rings (SSSR count). The summed E-state index contributed by atoms with van der Waals surface area (Å²) in [4.78, 5) is 0. The van der Waals surface area contributed by atoms with Gasteiger partial charge in [0.25, 0.3) is 0 Å². The van der Waals surface area contributed by atoms with Gasteiger partial charge in [-0.15, -0.1) is 0 Å². The number of aliphatic hydroxyl groups is 1. The summed E-state index contributed by atoms with van der Waals surface area (Å²) >= 11 is 0. The van der Waals surface area contributed by atoms with Crippen molar-refractivity contribution in [1.29, 1.82) is 0 Å². The molecule has 0 unspecified atom stereocenters. The third-order valence-corrected chi connectivity index (χ3v) is 4.19. The predicted molar refractivity (Wildman–Crippen MR) is 91.3 cm³/mol. The molecule has 0 amide bonds. The molecular weight excluding hydrogens is 260 g/mol. The Bertz CT molecular complexity index is 302. The third kappa shape index (κ3) is 9.07. The molecule has 122 valence electrons. The maximum Gasteiger partial charge on any atom is 0.0718 e. The molecule has 21 heavy (non-hydrogen) atoms. The molecular formula is C18H34N2O. The van der Waals surface area contributed by atoms with Crippen LogP contribution in [0.15, 0.2) is 24.3 Å². The van der Waals surface area contributed by atoms with Gasteiger partial charge in [0, 0.05) is 18.6 Å². The second-order valence-corrected chi connectivity index (χ2v) is 6.21. The van der Waals surface area contributed by atoms with E-state index in [9.17, 15) is 5.11 Å². The molecule has 0 aromatic carbocycles. The van der Waals surface area contributed by atoms with E-state index in [1.165, 1.54) is 44.9 Å². The van der Waals surface area contributed by atoms with Gasteiger partial charge in [0.15, 0.2) is 0 Å². The van der Waals surface area contributed by atoms with Crippen LogP contribution >= 0.6 is 0 Å². The van der Waals surface area contributed by atoms with Gasteiger partial charge in [-0.2, -0.15) is 0 Å². The van der Waals surface area contributed by atoms with Crippen LogP contribution in [0.1, 0.15) is 64.7 Å². The van der Waals surface area contributed by atoms with Gasteiger partial charge >= 0.3 is 0 Å². The highest BCUT2D eigenvalue weighted by Crippen LogP contribution is 2.14. The fourth-order valence-electron chi connectivity index (χ4n) is 2.71. The van der Waals surface area contributed by atoms with Crippen LogP contribution in [0.4, 0.5) is 0 Å². The number of rotatable bonds is 10. The quantitative estimate of drug-likeness (QED) is 0.428. The fraction of sp³-hybridized carbons (Fsp3) is 0.778. The van der Waals surface area contributed by atoms with Crippen LogP contribution in [0.2, 0.25) is 0 Å². The summed E-state index contributed by atoms with van der Waals surface area (Å²) in [5.74, 6) is 0. The molecule has 1 heterocycles. The molecule has 0 aliphatic carbocycles. The van der Waals surface area contributed by atoms with Crippen LogP contribution in [0.5, 0.6) is 0 Å². The minimum Gasteiger partial charge on any atom is -0.391 e. The zero-order valence-electron chi connectivity index (χ0n) is 13.6. The maximum atomic E-state index is 9.74. The van der Waals surface area contributed by atoms with Crippen molar-refractivity contribution < 1.29 is 5.11 Å². The van der Waals surface area contributed by atoms with Gasteiger partial charge in [0.2, 0.25) is 0 Å². The fourth-order valence-corrected chi connectivity index (χ4v) is 2.71. The zero-order valence-corrected chi connectivity index (χ0v) is 13.6. The van der Waals surface area contributed by atoms with Crippen LogP contribution in [-0.4, -0.2) is 29.8 Å². The highest BCUT2D eigenvalue weighted by Gasteiger charge is 2.25. The molecule has 0 aromatic rings. The van der Waals surface area contributed by atoms with Crippen molar-refractivity contribution >= 4 is 0 Å². The van der Waals surface area contributed by atoms with Crippen LogP contribution in [0.25, 0.3) is 0 Å². The molecule has 0 spiro atoms. The highest BCUT2D eigenvalue weighted by atomic mass is 16.3. The minimum absolute atomic E-state index is 0.0863. The number of nitrogens with one attached hydrogen (secondary N) is 1. The van der Waals surface area contributed by atoms with Crippen LogP contribution in [0, 0.1) is 0 Å². The van der Waals surface area contributed by atoms with E-state index in [-0.39, 0.29) is 12.1 Å². The van der Waals surface area contributed by atoms with Gasteiger partial charge in [0.1, 0.15) is 0 Å². The first kappa shape index (κ1) is 18.4. The van der Waals surface area contributed by atoms with Crippen molar-refractivity contribution in [2.24, 2.45) is 5.73 Å². The van der Waals surface area contributed by atoms with Gasteiger partial charge in [-0.25, -0.2) is 0 Å². The lowest BCUT2D eigenvalue weighted by Crippen LogP contribution is -2.53.